The number of rotatable bonds is 4. The molecule has 0 saturated heterocycles. The maximum Gasteiger partial charge on any atom is 0.204 e. The lowest BCUT2D eigenvalue weighted by Crippen LogP contribution is -2.31. The highest BCUT2D eigenvalue weighted by atomic mass is 16.7. The molecule has 0 heterocycles. The summed E-state index contributed by atoms with van der Waals surface area (Å²) in [5.74, 6) is 0.289. The number of benzene rings is 1. The average Bonchev–Trinajstić information content (AvgIpc) is 2.04. The lowest BCUT2D eigenvalue weighted by molar-refractivity contribution is -0.152. The molecule has 0 fully saturated rings. The van der Waals surface area contributed by atoms with Crippen molar-refractivity contribution in [1.29, 1.82) is 0 Å². The predicted octanol–water partition coefficient (Wildman–Crippen LogP) is 2.84. The van der Waals surface area contributed by atoms with Crippen LogP contribution in [0.1, 0.15) is 20.8 Å². The Kier molecular flexibility index (Phi) is 3.32. The third kappa shape index (κ3) is 3.47. The fourth-order valence-electron chi connectivity index (χ4n) is 1.15. The van der Waals surface area contributed by atoms with Crippen LogP contribution in [0.3, 0.4) is 0 Å². The lowest BCUT2D eigenvalue weighted by Gasteiger charge is -2.25. The van der Waals surface area contributed by atoms with Gasteiger partial charge in [-0.3, -0.25) is 0 Å². The molecular formula is C11H16O2. The van der Waals surface area contributed by atoms with Gasteiger partial charge in [-0.15, -0.1) is 0 Å². The molecule has 0 bridgehead atoms. The van der Waals surface area contributed by atoms with Crippen molar-refractivity contribution >= 4 is 0 Å². The molecule has 1 aromatic carbocycles. The van der Waals surface area contributed by atoms with Gasteiger partial charge in [0.15, 0.2) is 0 Å². The van der Waals surface area contributed by atoms with Gasteiger partial charge in [0.2, 0.25) is 5.79 Å². The van der Waals surface area contributed by atoms with E-state index >= 15 is 0 Å². The molecule has 1 rings (SSSR count). The highest BCUT2D eigenvalue weighted by molar-refractivity contribution is 5.21. The van der Waals surface area contributed by atoms with Crippen LogP contribution in [0.25, 0.3) is 0 Å². The topological polar surface area (TPSA) is 18.5 Å². The fourth-order valence-corrected chi connectivity index (χ4v) is 1.15. The van der Waals surface area contributed by atoms with E-state index in [1.165, 1.54) is 0 Å². The summed E-state index contributed by atoms with van der Waals surface area (Å²) < 4.78 is 11.0. The van der Waals surface area contributed by atoms with Gasteiger partial charge in [0.1, 0.15) is 5.75 Å². The van der Waals surface area contributed by atoms with Crippen LogP contribution in [0, 0.1) is 0 Å². The predicted molar refractivity (Wildman–Crippen MR) is 52.8 cm³/mol. The highest BCUT2D eigenvalue weighted by Crippen LogP contribution is 2.18. The average molecular weight is 180 g/mol. The van der Waals surface area contributed by atoms with Gasteiger partial charge in [-0.1, -0.05) is 18.2 Å². The van der Waals surface area contributed by atoms with Gasteiger partial charge in [-0.05, 0) is 19.1 Å². The molecule has 0 aliphatic rings. The van der Waals surface area contributed by atoms with Crippen molar-refractivity contribution in [2.24, 2.45) is 0 Å². The van der Waals surface area contributed by atoms with Crippen LogP contribution in [0.5, 0.6) is 5.75 Å². The van der Waals surface area contributed by atoms with Gasteiger partial charge in [0.05, 0.1) is 0 Å². The summed E-state index contributed by atoms with van der Waals surface area (Å²) in [7, 11) is 0. The SMILES string of the molecule is CCOC(C)(C)Oc1ccccc1. The normalized spacial score (nSPS) is 11.3. The molecule has 0 N–H and O–H groups in total. The molecule has 0 aromatic heterocycles. The minimum atomic E-state index is -0.546. The van der Waals surface area contributed by atoms with Crippen molar-refractivity contribution < 1.29 is 9.47 Å². The number of hydrogen-bond acceptors (Lipinski definition) is 2. The first-order chi connectivity index (χ1) is 6.14. The molecule has 1 aromatic rings. The van der Waals surface area contributed by atoms with E-state index in [9.17, 15) is 0 Å². The summed E-state index contributed by atoms with van der Waals surface area (Å²) in [4.78, 5) is 0. The van der Waals surface area contributed by atoms with Crippen LogP contribution in [0.15, 0.2) is 30.3 Å². The van der Waals surface area contributed by atoms with Crippen molar-refractivity contribution in [3.8, 4) is 5.75 Å². The van der Waals surface area contributed by atoms with Crippen LogP contribution >= 0.6 is 0 Å². The van der Waals surface area contributed by atoms with Crippen molar-refractivity contribution in [2.45, 2.75) is 26.6 Å². The first-order valence-corrected chi connectivity index (χ1v) is 4.52. The Bertz CT molecular complexity index is 242. The molecule has 13 heavy (non-hydrogen) atoms. The van der Waals surface area contributed by atoms with Crippen molar-refractivity contribution in [1.82, 2.24) is 0 Å². The first kappa shape index (κ1) is 10.1. The highest BCUT2D eigenvalue weighted by Gasteiger charge is 2.18. The van der Waals surface area contributed by atoms with Gasteiger partial charge in [0.25, 0.3) is 0 Å². The van der Waals surface area contributed by atoms with Crippen LogP contribution in [-0.4, -0.2) is 12.4 Å². The van der Waals surface area contributed by atoms with Crippen LogP contribution in [0.4, 0.5) is 0 Å². The molecule has 2 heteroatoms. The monoisotopic (exact) mass is 180 g/mol. The molecule has 0 aliphatic carbocycles. The first-order valence-electron chi connectivity index (χ1n) is 4.52. The second kappa shape index (κ2) is 4.28. The summed E-state index contributed by atoms with van der Waals surface area (Å²) >= 11 is 0. The molecule has 0 spiro atoms. The third-order valence-corrected chi connectivity index (χ3v) is 1.60. The quantitative estimate of drug-likeness (QED) is 0.663. The van der Waals surface area contributed by atoms with E-state index in [0.29, 0.717) is 6.61 Å². The Balaban J connectivity index is 2.58. The van der Waals surface area contributed by atoms with Gasteiger partial charge in [-0.25, -0.2) is 0 Å². The summed E-state index contributed by atoms with van der Waals surface area (Å²) in [5, 5.41) is 0. The molecular weight excluding hydrogens is 164 g/mol. The molecule has 72 valence electrons. The second-order valence-electron chi connectivity index (χ2n) is 3.25. The minimum Gasteiger partial charge on any atom is -0.463 e. The smallest absolute Gasteiger partial charge is 0.204 e. The zero-order valence-electron chi connectivity index (χ0n) is 8.41. The summed E-state index contributed by atoms with van der Waals surface area (Å²) in [6.07, 6.45) is 0. The molecule has 0 aliphatic heterocycles. The number of para-hydroxylation sites is 1. The molecule has 0 saturated carbocycles. The van der Waals surface area contributed by atoms with E-state index in [1.54, 1.807) is 0 Å². The summed E-state index contributed by atoms with van der Waals surface area (Å²) in [5.41, 5.74) is 0. The van der Waals surface area contributed by atoms with Crippen LogP contribution in [0.2, 0.25) is 0 Å². The van der Waals surface area contributed by atoms with E-state index in [2.05, 4.69) is 0 Å². The van der Waals surface area contributed by atoms with Gasteiger partial charge in [0, 0.05) is 20.5 Å². The summed E-state index contributed by atoms with van der Waals surface area (Å²) in [6, 6.07) is 9.68. The van der Waals surface area contributed by atoms with E-state index in [0.717, 1.165) is 5.75 Å². The molecule has 2 nitrogen and oxygen atoms in total. The van der Waals surface area contributed by atoms with Crippen LogP contribution in [-0.2, 0) is 4.74 Å². The Labute approximate surface area is 79.5 Å². The van der Waals surface area contributed by atoms with Crippen LogP contribution < -0.4 is 4.74 Å². The molecule has 0 atom stereocenters. The van der Waals surface area contributed by atoms with E-state index in [1.807, 2.05) is 51.1 Å². The molecule has 0 unspecified atom stereocenters. The van der Waals surface area contributed by atoms with E-state index < -0.39 is 5.79 Å². The molecule has 0 amide bonds. The van der Waals surface area contributed by atoms with Gasteiger partial charge < -0.3 is 9.47 Å². The van der Waals surface area contributed by atoms with E-state index in [-0.39, 0.29) is 0 Å². The fraction of sp³-hybridized carbons (Fsp3) is 0.455. The second-order valence-corrected chi connectivity index (χ2v) is 3.25. The molecule has 0 radical (unpaired) electrons. The van der Waals surface area contributed by atoms with Crippen molar-refractivity contribution in [3.63, 3.8) is 0 Å². The van der Waals surface area contributed by atoms with E-state index in [4.69, 9.17) is 9.47 Å². The Hall–Kier alpha value is -1.02. The van der Waals surface area contributed by atoms with Crippen molar-refractivity contribution in [2.75, 3.05) is 6.61 Å². The standard InChI is InChI=1S/C11H16O2/c1-4-12-11(2,3)13-10-8-6-5-7-9-10/h5-9H,4H2,1-3H3. The maximum atomic E-state index is 5.62. The van der Waals surface area contributed by atoms with Crippen molar-refractivity contribution in [3.05, 3.63) is 30.3 Å². The number of hydrogen-bond donors (Lipinski definition) is 0. The Morgan fingerprint density at radius 1 is 1.15 bits per heavy atom. The third-order valence-electron chi connectivity index (χ3n) is 1.60. The Morgan fingerprint density at radius 3 is 2.31 bits per heavy atom. The largest absolute Gasteiger partial charge is 0.463 e. The number of ether oxygens (including phenoxy) is 2. The minimum absolute atomic E-state index is 0.546. The zero-order valence-corrected chi connectivity index (χ0v) is 8.41. The zero-order chi connectivity index (χ0) is 9.73. The Morgan fingerprint density at radius 2 is 1.77 bits per heavy atom. The maximum absolute atomic E-state index is 5.62. The van der Waals surface area contributed by atoms with Gasteiger partial charge >= 0.3 is 0 Å². The lowest BCUT2D eigenvalue weighted by atomic mass is 10.3. The summed E-state index contributed by atoms with van der Waals surface area (Å²) in [6.45, 7) is 6.42. The van der Waals surface area contributed by atoms with Gasteiger partial charge in [-0.2, -0.15) is 0 Å².